The molecular formula is C23H45NO4. The molecule has 166 valence electrons. The summed E-state index contributed by atoms with van der Waals surface area (Å²) in [6.07, 6.45) is 13.6. The minimum absolute atomic E-state index is 0.242. The van der Waals surface area contributed by atoms with Crippen molar-refractivity contribution in [3.63, 3.8) is 0 Å². The molecule has 0 bridgehead atoms. The number of rotatable bonds is 18. The number of hydrogen-bond acceptors (Lipinski definition) is 4. The molecule has 0 fully saturated rings. The lowest BCUT2D eigenvalue weighted by Gasteiger charge is -2.29. The van der Waals surface area contributed by atoms with Gasteiger partial charge in [0, 0.05) is 18.8 Å². The standard InChI is InChI=1S/C23H45NO4/c1-6-7-8-9-10-11-12-13-14-15-16-20(2)17-23(27)28-21(18-22(25)26)19-24(3,4)5/h20-21H,6-19H2,1-5H3. The Hall–Kier alpha value is -1.10. The molecule has 0 aromatic carbocycles. The van der Waals surface area contributed by atoms with Gasteiger partial charge in [-0.2, -0.15) is 0 Å². The summed E-state index contributed by atoms with van der Waals surface area (Å²) in [7, 11) is 5.85. The van der Waals surface area contributed by atoms with Crippen molar-refractivity contribution in [3.05, 3.63) is 0 Å². The maximum Gasteiger partial charge on any atom is 0.306 e. The fourth-order valence-corrected chi connectivity index (χ4v) is 3.54. The Morgan fingerprint density at radius 2 is 1.36 bits per heavy atom. The Labute approximate surface area is 173 Å². The van der Waals surface area contributed by atoms with Gasteiger partial charge in [0.25, 0.3) is 0 Å². The summed E-state index contributed by atoms with van der Waals surface area (Å²) < 4.78 is 5.97. The van der Waals surface area contributed by atoms with Crippen molar-refractivity contribution in [3.8, 4) is 0 Å². The van der Waals surface area contributed by atoms with E-state index in [1.54, 1.807) is 0 Å². The molecule has 0 saturated heterocycles. The van der Waals surface area contributed by atoms with Gasteiger partial charge in [-0.3, -0.25) is 4.79 Å². The number of nitrogens with zero attached hydrogens (tertiary/aromatic N) is 1. The van der Waals surface area contributed by atoms with Gasteiger partial charge in [0.2, 0.25) is 0 Å². The van der Waals surface area contributed by atoms with Crippen molar-refractivity contribution in [2.75, 3.05) is 27.7 Å². The fraction of sp³-hybridized carbons (Fsp3) is 0.913. The molecule has 0 N–H and O–H groups in total. The predicted molar refractivity (Wildman–Crippen MR) is 113 cm³/mol. The molecule has 0 amide bonds. The molecule has 0 aliphatic heterocycles. The van der Waals surface area contributed by atoms with Crippen LogP contribution in [0, 0.1) is 5.92 Å². The lowest BCUT2D eigenvalue weighted by atomic mass is 9.98. The molecule has 2 unspecified atom stereocenters. The van der Waals surface area contributed by atoms with Gasteiger partial charge >= 0.3 is 5.97 Å². The molecule has 28 heavy (non-hydrogen) atoms. The first-order valence-electron chi connectivity index (χ1n) is 11.3. The van der Waals surface area contributed by atoms with Gasteiger partial charge in [0.1, 0.15) is 6.54 Å². The summed E-state index contributed by atoms with van der Waals surface area (Å²) in [5.41, 5.74) is 0. The van der Waals surface area contributed by atoms with Crippen molar-refractivity contribution < 1.29 is 23.9 Å². The quantitative estimate of drug-likeness (QED) is 0.198. The topological polar surface area (TPSA) is 66.4 Å². The number of unbranched alkanes of at least 4 members (excludes halogenated alkanes) is 9. The van der Waals surface area contributed by atoms with Gasteiger partial charge in [-0.1, -0.05) is 84.5 Å². The molecule has 0 heterocycles. The van der Waals surface area contributed by atoms with E-state index in [9.17, 15) is 14.7 Å². The fourth-order valence-electron chi connectivity index (χ4n) is 3.54. The van der Waals surface area contributed by atoms with Crippen LogP contribution >= 0.6 is 0 Å². The molecule has 0 aliphatic carbocycles. The highest BCUT2D eigenvalue weighted by Gasteiger charge is 2.23. The van der Waals surface area contributed by atoms with Gasteiger partial charge in [0.05, 0.1) is 21.1 Å². The predicted octanol–water partition coefficient (Wildman–Crippen LogP) is 4.08. The van der Waals surface area contributed by atoms with Crippen LogP contribution in [0.4, 0.5) is 0 Å². The maximum atomic E-state index is 12.2. The van der Waals surface area contributed by atoms with Gasteiger partial charge in [-0.25, -0.2) is 0 Å². The SMILES string of the molecule is CCCCCCCCCCCCC(C)CC(=O)OC(CC(=O)[O-])C[N+](C)(C)C. The van der Waals surface area contributed by atoms with E-state index in [2.05, 4.69) is 13.8 Å². The molecule has 5 heteroatoms. The maximum absolute atomic E-state index is 12.2. The first-order chi connectivity index (χ1) is 13.1. The van der Waals surface area contributed by atoms with Crippen molar-refractivity contribution in [1.29, 1.82) is 0 Å². The first-order valence-corrected chi connectivity index (χ1v) is 11.3. The largest absolute Gasteiger partial charge is 0.550 e. The Morgan fingerprint density at radius 3 is 1.82 bits per heavy atom. The number of esters is 1. The average molecular weight is 400 g/mol. The van der Waals surface area contributed by atoms with Crippen LogP contribution in [0.3, 0.4) is 0 Å². The summed E-state index contributed by atoms with van der Waals surface area (Å²) in [4.78, 5) is 23.1. The second-order valence-electron chi connectivity index (χ2n) is 9.44. The number of hydrogen-bond donors (Lipinski definition) is 0. The molecule has 0 saturated carbocycles. The Bertz CT molecular complexity index is 417. The molecule has 0 aliphatic rings. The number of carbonyl (C=O) groups excluding carboxylic acids is 2. The van der Waals surface area contributed by atoms with E-state index in [-0.39, 0.29) is 18.3 Å². The van der Waals surface area contributed by atoms with Crippen LogP contribution in [0.15, 0.2) is 0 Å². The van der Waals surface area contributed by atoms with Crippen molar-refractivity contribution >= 4 is 11.9 Å². The molecule has 0 spiro atoms. The van der Waals surface area contributed by atoms with Crippen LogP contribution in [0.1, 0.15) is 97.3 Å². The third-order valence-corrected chi connectivity index (χ3v) is 5.01. The number of carbonyl (C=O) groups is 2. The van der Waals surface area contributed by atoms with Crippen LogP contribution in [0.25, 0.3) is 0 Å². The minimum atomic E-state index is -1.18. The minimum Gasteiger partial charge on any atom is -0.550 e. The number of carboxylic acids is 1. The number of ether oxygens (including phenoxy) is 1. The van der Waals surface area contributed by atoms with Gasteiger partial charge < -0.3 is 19.1 Å². The van der Waals surface area contributed by atoms with Crippen LogP contribution in [0.2, 0.25) is 0 Å². The Morgan fingerprint density at radius 1 is 0.857 bits per heavy atom. The second kappa shape index (κ2) is 15.8. The monoisotopic (exact) mass is 399 g/mol. The molecule has 2 atom stereocenters. The third kappa shape index (κ3) is 18.3. The zero-order chi connectivity index (χ0) is 21.4. The van der Waals surface area contributed by atoms with E-state index < -0.39 is 12.1 Å². The molecule has 0 aromatic heterocycles. The Kier molecular flexibility index (Phi) is 15.2. The first kappa shape index (κ1) is 26.9. The smallest absolute Gasteiger partial charge is 0.306 e. The summed E-state index contributed by atoms with van der Waals surface area (Å²) in [6.45, 7) is 4.78. The summed E-state index contributed by atoms with van der Waals surface area (Å²) in [6, 6.07) is 0. The highest BCUT2D eigenvalue weighted by Crippen LogP contribution is 2.17. The van der Waals surface area contributed by atoms with Crippen molar-refractivity contribution in [2.24, 2.45) is 5.92 Å². The molecule has 0 aromatic rings. The molecule has 0 radical (unpaired) electrons. The van der Waals surface area contributed by atoms with E-state index >= 15 is 0 Å². The van der Waals surface area contributed by atoms with E-state index in [1.165, 1.54) is 57.8 Å². The van der Waals surface area contributed by atoms with E-state index in [4.69, 9.17) is 4.74 Å². The Balaban J connectivity index is 3.87. The normalized spacial score (nSPS) is 13.9. The number of carboxylic acid groups (broad SMARTS) is 1. The second-order valence-corrected chi connectivity index (χ2v) is 9.44. The van der Waals surface area contributed by atoms with E-state index in [0.717, 1.165) is 12.8 Å². The van der Waals surface area contributed by atoms with Crippen LogP contribution in [-0.2, 0) is 14.3 Å². The van der Waals surface area contributed by atoms with E-state index in [1.807, 2.05) is 21.1 Å². The number of aliphatic carboxylic acids is 1. The van der Waals surface area contributed by atoms with Crippen LogP contribution in [0.5, 0.6) is 0 Å². The number of likely N-dealkylation sites (N-methyl/N-ethyl adjacent to an activating group) is 1. The van der Waals surface area contributed by atoms with Gasteiger partial charge in [-0.05, 0) is 5.92 Å². The third-order valence-electron chi connectivity index (χ3n) is 5.01. The molecule has 0 rings (SSSR count). The van der Waals surface area contributed by atoms with Crippen molar-refractivity contribution in [1.82, 2.24) is 0 Å². The summed E-state index contributed by atoms with van der Waals surface area (Å²) in [5.74, 6) is -1.20. The lowest BCUT2D eigenvalue weighted by Crippen LogP contribution is -2.45. The van der Waals surface area contributed by atoms with Crippen LogP contribution < -0.4 is 5.11 Å². The highest BCUT2D eigenvalue weighted by molar-refractivity contribution is 5.71. The lowest BCUT2D eigenvalue weighted by molar-refractivity contribution is -0.873. The van der Waals surface area contributed by atoms with Gasteiger partial charge in [-0.15, -0.1) is 0 Å². The van der Waals surface area contributed by atoms with Gasteiger partial charge in [0.15, 0.2) is 6.10 Å². The van der Waals surface area contributed by atoms with Crippen LogP contribution in [-0.4, -0.2) is 50.2 Å². The summed E-state index contributed by atoms with van der Waals surface area (Å²) in [5, 5.41) is 10.9. The van der Waals surface area contributed by atoms with E-state index in [0.29, 0.717) is 17.4 Å². The average Bonchev–Trinajstić information content (AvgIpc) is 2.54. The zero-order valence-corrected chi connectivity index (χ0v) is 19.1. The molecular weight excluding hydrogens is 354 g/mol. The summed E-state index contributed by atoms with van der Waals surface area (Å²) >= 11 is 0. The highest BCUT2D eigenvalue weighted by atomic mass is 16.5. The molecule has 5 nitrogen and oxygen atoms in total. The zero-order valence-electron chi connectivity index (χ0n) is 19.1. The number of quaternary nitrogens is 1. The van der Waals surface area contributed by atoms with Crippen molar-refractivity contribution in [2.45, 2.75) is 103 Å².